The van der Waals surface area contributed by atoms with Crippen LogP contribution < -0.4 is 4.72 Å². The average Bonchev–Trinajstić information content (AvgIpc) is 2.75. The molecule has 2 aromatic carbocycles. The molecule has 0 saturated heterocycles. The van der Waals surface area contributed by atoms with Crippen LogP contribution in [0.25, 0.3) is 5.70 Å². The fourth-order valence-corrected chi connectivity index (χ4v) is 5.10. The maximum absolute atomic E-state index is 12.8. The highest BCUT2D eigenvalue weighted by Gasteiger charge is 2.36. The quantitative estimate of drug-likeness (QED) is 0.743. The molecule has 1 aliphatic heterocycles. The summed E-state index contributed by atoms with van der Waals surface area (Å²) in [5, 5.41) is 0. The third-order valence-corrected chi connectivity index (χ3v) is 7.09. The van der Waals surface area contributed by atoms with E-state index in [1.54, 1.807) is 18.3 Å². The Morgan fingerprint density at radius 1 is 1.03 bits per heavy atom. The van der Waals surface area contributed by atoms with Gasteiger partial charge in [0, 0.05) is 17.9 Å². The van der Waals surface area contributed by atoms with Gasteiger partial charge in [-0.1, -0.05) is 48.4 Å². The van der Waals surface area contributed by atoms with Crippen LogP contribution >= 0.6 is 0 Å². The van der Waals surface area contributed by atoms with Crippen molar-refractivity contribution in [3.05, 3.63) is 84.1 Å². The van der Waals surface area contributed by atoms with Crippen molar-refractivity contribution in [3.8, 4) is 0 Å². The average molecular weight is 408 g/mol. The van der Waals surface area contributed by atoms with Gasteiger partial charge in [0.05, 0.1) is 11.1 Å². The van der Waals surface area contributed by atoms with Crippen molar-refractivity contribution in [2.45, 2.75) is 43.5 Å². The Kier molecular flexibility index (Phi) is 5.67. The molecule has 0 spiro atoms. The Balaban J connectivity index is 1.71. The van der Waals surface area contributed by atoms with E-state index < -0.39 is 10.0 Å². The zero-order valence-electron chi connectivity index (χ0n) is 16.7. The Bertz CT molecular complexity index is 1050. The van der Waals surface area contributed by atoms with E-state index >= 15 is 0 Å². The van der Waals surface area contributed by atoms with Gasteiger partial charge in [0.1, 0.15) is 0 Å². The lowest BCUT2D eigenvalue weighted by Gasteiger charge is -2.29. The minimum absolute atomic E-state index is 0.268. The van der Waals surface area contributed by atoms with Crippen LogP contribution in [-0.4, -0.2) is 25.2 Å². The van der Waals surface area contributed by atoms with Crippen LogP contribution in [0.3, 0.4) is 0 Å². The van der Waals surface area contributed by atoms with Crippen LogP contribution in [0.4, 0.5) is 0 Å². The molecule has 0 radical (unpaired) electrons. The van der Waals surface area contributed by atoms with E-state index in [0.29, 0.717) is 12.0 Å². The number of nitrogens with one attached hydrogen (secondary N) is 1. The fraction of sp³-hybridized carbons (Fsp3) is 0.292. The van der Waals surface area contributed by atoms with Crippen LogP contribution in [-0.2, 0) is 10.0 Å². The summed E-state index contributed by atoms with van der Waals surface area (Å²) < 4.78 is 30.7. The Labute approximate surface area is 173 Å². The highest BCUT2D eigenvalue weighted by molar-refractivity contribution is 7.89. The molecular formula is C24H27N2O2S+. The molecule has 2 atom stereocenters. The summed E-state index contributed by atoms with van der Waals surface area (Å²) >= 11 is 0. The maximum atomic E-state index is 12.8. The molecule has 0 aromatic heterocycles. The largest absolute Gasteiger partial charge is 0.280 e. The number of nitrogens with zero attached hydrogens (tertiary/aromatic N) is 1. The van der Waals surface area contributed by atoms with Crippen molar-refractivity contribution in [2.75, 3.05) is 0 Å². The molecule has 29 heavy (non-hydrogen) atoms. The van der Waals surface area contributed by atoms with Crippen molar-refractivity contribution in [2.24, 2.45) is 5.92 Å². The molecule has 150 valence electrons. The van der Waals surface area contributed by atoms with Crippen LogP contribution in [0, 0.1) is 12.8 Å². The second-order valence-electron chi connectivity index (χ2n) is 7.79. The van der Waals surface area contributed by atoms with Gasteiger partial charge in [-0.05, 0) is 50.1 Å². The van der Waals surface area contributed by atoms with E-state index in [0.717, 1.165) is 23.2 Å². The van der Waals surface area contributed by atoms with Gasteiger partial charge in [0.15, 0.2) is 12.3 Å². The van der Waals surface area contributed by atoms with Crippen molar-refractivity contribution >= 4 is 21.9 Å². The molecule has 0 amide bonds. The predicted molar refractivity (Wildman–Crippen MR) is 117 cm³/mol. The first-order chi connectivity index (χ1) is 14.0. The molecule has 0 bridgehead atoms. The van der Waals surface area contributed by atoms with Gasteiger partial charge < -0.3 is 0 Å². The molecule has 1 heterocycles. The topological polar surface area (TPSA) is 49.2 Å². The lowest BCUT2D eigenvalue weighted by atomic mass is 9.82. The first kappa shape index (κ1) is 19.6. The van der Waals surface area contributed by atoms with Crippen molar-refractivity contribution in [1.29, 1.82) is 0 Å². The van der Waals surface area contributed by atoms with E-state index in [9.17, 15) is 8.42 Å². The van der Waals surface area contributed by atoms with E-state index in [1.165, 1.54) is 19.3 Å². The lowest BCUT2D eigenvalue weighted by Crippen LogP contribution is -2.37. The molecule has 1 N–H and O–H groups in total. The van der Waals surface area contributed by atoms with Crippen LogP contribution in [0.5, 0.6) is 0 Å². The zero-order valence-corrected chi connectivity index (χ0v) is 17.5. The number of rotatable bonds is 5. The van der Waals surface area contributed by atoms with Crippen LogP contribution in [0.2, 0.25) is 0 Å². The molecule has 4 nitrogen and oxygen atoms in total. The first-order valence-corrected chi connectivity index (χ1v) is 11.7. The van der Waals surface area contributed by atoms with Gasteiger partial charge in [-0.15, -0.1) is 0 Å². The summed E-state index contributed by atoms with van der Waals surface area (Å²) in [6, 6.07) is 17.3. The molecule has 1 fully saturated rings. The number of hydrogen-bond acceptors (Lipinski definition) is 2. The summed E-state index contributed by atoms with van der Waals surface area (Å²) in [5.74, 6) is 0.509. The van der Waals surface area contributed by atoms with Gasteiger partial charge in [-0.25, -0.2) is 8.42 Å². The minimum Gasteiger partial charge on any atom is -0.280 e. The van der Waals surface area contributed by atoms with Gasteiger partial charge in [-0.2, -0.15) is 4.58 Å². The lowest BCUT2D eigenvalue weighted by molar-refractivity contribution is -0.486. The van der Waals surface area contributed by atoms with Crippen LogP contribution in [0.15, 0.2) is 77.8 Å². The second-order valence-corrected chi connectivity index (χ2v) is 9.50. The standard InChI is InChI=1S/C24H27N2O2S/c1-19-13-15-22(16-14-19)29(27,28)25-18-24(21-8-3-2-4-9-21)26-17-7-11-20-10-5-6-12-23(20)26/h2-4,7-9,11,13-18,20,23,25H,5-6,10,12H2,1H3/q+1/b24-18-/t20-,23-/m1/s1. The van der Waals surface area contributed by atoms with Gasteiger partial charge in [0.25, 0.3) is 10.0 Å². The second kappa shape index (κ2) is 8.37. The maximum Gasteiger partial charge on any atom is 0.261 e. The number of benzene rings is 2. The van der Waals surface area contributed by atoms with Gasteiger partial charge in [-0.3, -0.25) is 4.72 Å². The summed E-state index contributed by atoms with van der Waals surface area (Å²) in [6.45, 7) is 1.94. The van der Waals surface area contributed by atoms with E-state index in [1.807, 2.05) is 49.4 Å². The number of allylic oxidation sites excluding steroid dienone is 1. The third-order valence-electron chi connectivity index (χ3n) is 5.77. The molecule has 1 aliphatic carbocycles. The molecule has 5 heteroatoms. The molecule has 4 rings (SSSR count). The highest BCUT2D eigenvalue weighted by atomic mass is 32.2. The third kappa shape index (κ3) is 4.35. The van der Waals surface area contributed by atoms with E-state index in [4.69, 9.17) is 0 Å². The number of sulfonamides is 1. The number of hydrogen-bond donors (Lipinski definition) is 1. The SMILES string of the molecule is Cc1ccc(S(=O)(=O)N/C=C(/c2ccccc2)[N+]2=CC=C[C@H]3CCCC[C@H]32)cc1. The summed E-state index contributed by atoms with van der Waals surface area (Å²) in [7, 11) is -3.63. The Morgan fingerprint density at radius 2 is 1.76 bits per heavy atom. The molecule has 2 aromatic rings. The van der Waals surface area contributed by atoms with Gasteiger partial charge in [0.2, 0.25) is 5.70 Å². The molecule has 2 aliphatic rings. The Morgan fingerprint density at radius 3 is 2.52 bits per heavy atom. The minimum atomic E-state index is -3.63. The number of fused-ring (bicyclic) bond motifs is 1. The van der Waals surface area contributed by atoms with E-state index in [-0.39, 0.29) is 4.90 Å². The predicted octanol–water partition coefficient (Wildman–Crippen LogP) is 4.48. The smallest absolute Gasteiger partial charge is 0.261 e. The van der Waals surface area contributed by atoms with Crippen LogP contribution in [0.1, 0.15) is 36.8 Å². The normalized spacial score (nSPS) is 22.0. The summed E-state index contributed by atoms with van der Waals surface area (Å²) in [4.78, 5) is 0.268. The zero-order chi connectivity index (χ0) is 20.3. The van der Waals surface area contributed by atoms with Gasteiger partial charge >= 0.3 is 0 Å². The van der Waals surface area contributed by atoms with Crippen molar-refractivity contribution < 1.29 is 13.0 Å². The van der Waals surface area contributed by atoms with Crippen molar-refractivity contribution in [1.82, 2.24) is 4.72 Å². The molecule has 1 saturated carbocycles. The number of aryl methyl sites for hydroxylation is 1. The first-order valence-electron chi connectivity index (χ1n) is 10.2. The highest BCUT2D eigenvalue weighted by Crippen LogP contribution is 2.33. The van der Waals surface area contributed by atoms with E-state index in [2.05, 4.69) is 27.7 Å². The summed E-state index contributed by atoms with van der Waals surface area (Å²) in [5.41, 5.74) is 2.90. The summed E-state index contributed by atoms with van der Waals surface area (Å²) in [6.07, 6.45) is 12.9. The Hall–Kier alpha value is -2.66. The fourth-order valence-electron chi connectivity index (χ4n) is 4.20. The molecule has 0 unspecified atom stereocenters. The molecular weight excluding hydrogens is 380 g/mol. The monoisotopic (exact) mass is 407 g/mol. The van der Waals surface area contributed by atoms with Crippen molar-refractivity contribution in [3.63, 3.8) is 0 Å².